The number of benzene rings is 2. The van der Waals surface area contributed by atoms with Gasteiger partial charge in [0.25, 0.3) is 0 Å². The number of aromatic nitrogens is 1. The fourth-order valence-corrected chi connectivity index (χ4v) is 2.74. The number of hydrogen-bond acceptors (Lipinski definition) is 2. The molecule has 3 rings (SSSR count). The number of hydrogen-bond donors (Lipinski definition) is 1. The summed E-state index contributed by atoms with van der Waals surface area (Å²) in [5.74, 6) is 0.720. The molecule has 2 aromatic carbocycles. The predicted octanol–water partition coefficient (Wildman–Crippen LogP) is 3.62. The highest BCUT2D eigenvalue weighted by atomic mass is 35.5. The fourth-order valence-electron chi connectivity index (χ4n) is 2.56. The van der Waals surface area contributed by atoms with Crippen molar-refractivity contribution in [2.45, 2.75) is 13.1 Å². The average molecular weight is 329 g/mol. The van der Waals surface area contributed by atoms with Crippen LogP contribution in [0.15, 0.2) is 54.7 Å². The topological polar surface area (TPSA) is 43.3 Å². The van der Waals surface area contributed by atoms with Crippen molar-refractivity contribution >= 4 is 28.4 Å². The molecule has 1 N–H and O–H groups in total. The van der Waals surface area contributed by atoms with E-state index in [4.69, 9.17) is 16.3 Å². The number of amides is 1. The smallest absolute Gasteiger partial charge is 0.240 e. The van der Waals surface area contributed by atoms with Gasteiger partial charge in [-0.05, 0) is 30.3 Å². The zero-order chi connectivity index (χ0) is 16.2. The van der Waals surface area contributed by atoms with Crippen LogP contribution in [0.1, 0.15) is 5.56 Å². The van der Waals surface area contributed by atoms with Gasteiger partial charge >= 0.3 is 0 Å². The molecule has 0 unspecified atom stereocenters. The number of rotatable bonds is 5. The van der Waals surface area contributed by atoms with Crippen molar-refractivity contribution in [3.05, 3.63) is 65.3 Å². The quantitative estimate of drug-likeness (QED) is 0.777. The summed E-state index contributed by atoms with van der Waals surface area (Å²) in [5.41, 5.74) is 1.94. The number of nitrogens with zero attached hydrogens (tertiary/aromatic N) is 1. The van der Waals surface area contributed by atoms with Gasteiger partial charge in [-0.3, -0.25) is 4.79 Å². The van der Waals surface area contributed by atoms with E-state index in [0.29, 0.717) is 11.6 Å². The number of methoxy groups -OCH3 is 1. The normalized spacial score (nSPS) is 10.7. The summed E-state index contributed by atoms with van der Waals surface area (Å²) >= 11 is 5.98. The minimum absolute atomic E-state index is 0.0524. The highest BCUT2D eigenvalue weighted by Crippen LogP contribution is 2.20. The summed E-state index contributed by atoms with van der Waals surface area (Å²) < 4.78 is 7.19. The van der Waals surface area contributed by atoms with Gasteiger partial charge in [0.2, 0.25) is 5.91 Å². The maximum Gasteiger partial charge on any atom is 0.240 e. The Kier molecular flexibility index (Phi) is 4.53. The minimum Gasteiger partial charge on any atom is -0.496 e. The molecule has 0 aliphatic heterocycles. The van der Waals surface area contributed by atoms with Crippen molar-refractivity contribution in [1.82, 2.24) is 9.88 Å². The maximum atomic E-state index is 12.2. The van der Waals surface area contributed by atoms with E-state index in [1.807, 2.05) is 59.3 Å². The van der Waals surface area contributed by atoms with E-state index >= 15 is 0 Å². The third kappa shape index (κ3) is 3.48. The number of halogens is 1. The molecule has 0 spiro atoms. The van der Waals surface area contributed by atoms with Gasteiger partial charge < -0.3 is 14.6 Å². The van der Waals surface area contributed by atoms with Crippen molar-refractivity contribution in [1.29, 1.82) is 0 Å². The van der Waals surface area contributed by atoms with Crippen LogP contribution in [-0.4, -0.2) is 17.6 Å². The molecule has 0 fully saturated rings. The van der Waals surface area contributed by atoms with Gasteiger partial charge in [0.05, 0.1) is 7.11 Å². The Balaban J connectivity index is 1.67. The number of fused-ring (bicyclic) bond motifs is 1. The average Bonchev–Trinajstić information content (AvgIpc) is 2.95. The second kappa shape index (κ2) is 6.75. The van der Waals surface area contributed by atoms with E-state index in [0.717, 1.165) is 22.2 Å². The first-order chi connectivity index (χ1) is 11.2. The van der Waals surface area contributed by atoms with Crippen LogP contribution in [0.25, 0.3) is 10.9 Å². The Morgan fingerprint density at radius 1 is 1.22 bits per heavy atom. The highest BCUT2D eigenvalue weighted by molar-refractivity contribution is 6.31. The Labute approximate surface area is 139 Å². The lowest BCUT2D eigenvalue weighted by Crippen LogP contribution is -2.27. The van der Waals surface area contributed by atoms with Crippen molar-refractivity contribution in [3.63, 3.8) is 0 Å². The fraction of sp³-hybridized carbons (Fsp3) is 0.167. The van der Waals surface area contributed by atoms with Crippen LogP contribution in [0, 0.1) is 0 Å². The van der Waals surface area contributed by atoms with Gasteiger partial charge in [-0.2, -0.15) is 0 Å². The van der Waals surface area contributed by atoms with E-state index in [-0.39, 0.29) is 12.5 Å². The van der Waals surface area contributed by atoms with Gasteiger partial charge in [0, 0.05) is 34.2 Å². The molecule has 4 nitrogen and oxygen atoms in total. The van der Waals surface area contributed by atoms with E-state index < -0.39 is 0 Å². The first-order valence-corrected chi connectivity index (χ1v) is 7.68. The van der Waals surface area contributed by atoms with E-state index in [9.17, 15) is 4.79 Å². The molecule has 1 aromatic heterocycles. The van der Waals surface area contributed by atoms with Crippen LogP contribution < -0.4 is 10.1 Å². The molecule has 0 radical (unpaired) electrons. The zero-order valence-electron chi connectivity index (χ0n) is 12.8. The van der Waals surface area contributed by atoms with Crippen LogP contribution in [0.4, 0.5) is 0 Å². The lowest BCUT2D eigenvalue weighted by Gasteiger charge is -2.10. The summed E-state index contributed by atoms with van der Waals surface area (Å²) in [7, 11) is 1.62. The van der Waals surface area contributed by atoms with Gasteiger partial charge in [0.15, 0.2) is 0 Å². The van der Waals surface area contributed by atoms with Gasteiger partial charge in [-0.15, -0.1) is 0 Å². The molecule has 1 heterocycles. The minimum atomic E-state index is -0.0524. The maximum absolute atomic E-state index is 12.2. The molecular formula is C18H17ClN2O2. The summed E-state index contributed by atoms with van der Waals surface area (Å²) in [5, 5.41) is 4.64. The molecule has 0 atom stereocenters. The summed E-state index contributed by atoms with van der Waals surface area (Å²) in [6.07, 6.45) is 1.89. The highest BCUT2D eigenvalue weighted by Gasteiger charge is 2.08. The monoisotopic (exact) mass is 328 g/mol. The second-order valence-electron chi connectivity index (χ2n) is 5.24. The van der Waals surface area contributed by atoms with Crippen LogP contribution in [-0.2, 0) is 17.9 Å². The van der Waals surface area contributed by atoms with Crippen LogP contribution >= 0.6 is 11.6 Å². The van der Waals surface area contributed by atoms with Crippen molar-refractivity contribution in [2.24, 2.45) is 0 Å². The number of nitrogens with one attached hydrogen (secondary N) is 1. The Hall–Kier alpha value is -2.46. The Bertz CT molecular complexity index is 842. The first kappa shape index (κ1) is 15.4. The third-order valence-corrected chi connectivity index (χ3v) is 3.95. The SMILES string of the molecule is COc1ccccc1CNC(=O)Cn1ccc2cc(Cl)ccc21. The second-order valence-corrected chi connectivity index (χ2v) is 5.67. The molecule has 0 aliphatic carbocycles. The number of carbonyl (C=O) groups excluding carboxylic acids is 1. The zero-order valence-corrected chi connectivity index (χ0v) is 13.5. The Morgan fingerprint density at radius 2 is 2.04 bits per heavy atom. The molecule has 0 saturated heterocycles. The van der Waals surface area contributed by atoms with Crippen LogP contribution in [0.5, 0.6) is 5.75 Å². The molecule has 0 aliphatic rings. The van der Waals surface area contributed by atoms with E-state index in [1.54, 1.807) is 7.11 Å². The van der Waals surface area contributed by atoms with Gasteiger partial charge in [-0.1, -0.05) is 29.8 Å². The standard InChI is InChI=1S/C18H17ClN2O2/c1-23-17-5-3-2-4-14(17)11-20-18(22)12-21-9-8-13-10-15(19)6-7-16(13)21/h2-10H,11-12H2,1H3,(H,20,22). The van der Waals surface area contributed by atoms with Crippen molar-refractivity contribution in [2.75, 3.05) is 7.11 Å². The number of carbonyl (C=O) groups is 1. The molecular weight excluding hydrogens is 312 g/mol. The molecule has 23 heavy (non-hydrogen) atoms. The third-order valence-electron chi connectivity index (χ3n) is 3.72. The first-order valence-electron chi connectivity index (χ1n) is 7.30. The predicted molar refractivity (Wildman–Crippen MR) is 91.8 cm³/mol. The molecule has 3 aromatic rings. The van der Waals surface area contributed by atoms with Gasteiger partial charge in [-0.25, -0.2) is 0 Å². The van der Waals surface area contributed by atoms with Crippen LogP contribution in [0.2, 0.25) is 5.02 Å². The number of ether oxygens (including phenoxy) is 1. The number of para-hydroxylation sites is 1. The molecule has 0 bridgehead atoms. The molecule has 1 amide bonds. The molecule has 118 valence electrons. The molecule has 0 saturated carbocycles. The van der Waals surface area contributed by atoms with E-state index in [2.05, 4.69) is 5.32 Å². The molecule has 5 heteroatoms. The van der Waals surface area contributed by atoms with Gasteiger partial charge in [0.1, 0.15) is 12.3 Å². The summed E-state index contributed by atoms with van der Waals surface area (Å²) in [4.78, 5) is 12.2. The largest absolute Gasteiger partial charge is 0.496 e. The summed E-state index contributed by atoms with van der Waals surface area (Å²) in [6, 6.07) is 15.2. The lowest BCUT2D eigenvalue weighted by atomic mass is 10.2. The lowest BCUT2D eigenvalue weighted by molar-refractivity contribution is -0.121. The van der Waals surface area contributed by atoms with E-state index in [1.165, 1.54) is 0 Å². The Morgan fingerprint density at radius 3 is 2.87 bits per heavy atom. The van der Waals surface area contributed by atoms with Crippen molar-refractivity contribution < 1.29 is 9.53 Å². The van der Waals surface area contributed by atoms with Crippen molar-refractivity contribution in [3.8, 4) is 5.75 Å². The summed E-state index contributed by atoms with van der Waals surface area (Å²) in [6.45, 7) is 0.703. The van der Waals surface area contributed by atoms with Crippen LogP contribution in [0.3, 0.4) is 0 Å².